The van der Waals surface area contributed by atoms with E-state index in [1.807, 2.05) is 12.1 Å². The van der Waals surface area contributed by atoms with Crippen LogP contribution in [0.25, 0.3) is 0 Å². The molecule has 44 heavy (non-hydrogen) atoms. The van der Waals surface area contributed by atoms with Gasteiger partial charge in [0.1, 0.15) is 12.4 Å². The molecule has 1 atom stereocenters. The summed E-state index contributed by atoms with van der Waals surface area (Å²) in [6.07, 6.45) is 0.579. The highest BCUT2D eigenvalue weighted by molar-refractivity contribution is 7.89. The highest BCUT2D eigenvalue weighted by Gasteiger charge is 2.34. The summed E-state index contributed by atoms with van der Waals surface area (Å²) in [6.45, 7) is 3.83. The Kier molecular flexibility index (Phi) is 9.72. The quantitative estimate of drug-likeness (QED) is 0.311. The van der Waals surface area contributed by atoms with Gasteiger partial charge in [-0.25, -0.2) is 13.2 Å². The molecule has 2 aliphatic heterocycles. The predicted octanol–water partition coefficient (Wildman–Crippen LogP) is 3.72. The van der Waals surface area contributed by atoms with Gasteiger partial charge in [0.05, 0.1) is 50.5 Å². The summed E-state index contributed by atoms with van der Waals surface area (Å²) in [5, 5.41) is 0. The maximum absolute atomic E-state index is 13.9. The number of fused-ring (bicyclic) bond motifs is 1. The van der Waals surface area contributed by atoms with Crippen molar-refractivity contribution in [2.45, 2.75) is 24.3 Å². The molecule has 3 aromatic rings. The Morgan fingerprint density at radius 3 is 2.16 bits per heavy atom. The molecule has 1 saturated heterocycles. The van der Waals surface area contributed by atoms with Gasteiger partial charge in [-0.3, -0.25) is 4.79 Å². The largest absolute Gasteiger partial charge is 0.493 e. The zero-order chi connectivity index (χ0) is 31.3. The van der Waals surface area contributed by atoms with E-state index >= 15 is 0 Å². The van der Waals surface area contributed by atoms with E-state index in [4.69, 9.17) is 23.7 Å². The first-order valence-electron chi connectivity index (χ1n) is 14.4. The van der Waals surface area contributed by atoms with Crippen LogP contribution in [-0.2, 0) is 25.9 Å². The highest BCUT2D eigenvalue weighted by atomic mass is 32.2. The molecule has 234 valence electrons. The van der Waals surface area contributed by atoms with Gasteiger partial charge < -0.3 is 28.6 Å². The first-order valence-corrected chi connectivity index (χ1v) is 15.8. The van der Waals surface area contributed by atoms with E-state index in [0.29, 0.717) is 54.6 Å². The summed E-state index contributed by atoms with van der Waals surface area (Å²) < 4.78 is 55.1. The van der Waals surface area contributed by atoms with E-state index in [1.54, 1.807) is 62.4 Å². The van der Waals surface area contributed by atoms with Crippen molar-refractivity contribution in [3.05, 3.63) is 82.9 Å². The van der Waals surface area contributed by atoms with Crippen LogP contribution in [0, 0.1) is 0 Å². The summed E-state index contributed by atoms with van der Waals surface area (Å²) in [4.78, 5) is 27.8. The zero-order valence-corrected chi connectivity index (χ0v) is 25.8. The van der Waals surface area contributed by atoms with Crippen LogP contribution < -0.4 is 14.2 Å². The number of esters is 1. The van der Waals surface area contributed by atoms with E-state index < -0.39 is 22.0 Å². The van der Waals surface area contributed by atoms with E-state index in [-0.39, 0.29) is 37.1 Å². The number of sulfonamides is 1. The summed E-state index contributed by atoms with van der Waals surface area (Å²) in [5.41, 5.74) is 2.63. The molecule has 3 aromatic carbocycles. The maximum Gasteiger partial charge on any atom is 0.338 e. The first-order chi connectivity index (χ1) is 21.3. The van der Waals surface area contributed by atoms with Gasteiger partial charge >= 0.3 is 5.97 Å². The number of nitrogens with zero attached hydrogens (tertiary/aromatic N) is 2. The van der Waals surface area contributed by atoms with Crippen LogP contribution in [0.1, 0.15) is 44.8 Å². The van der Waals surface area contributed by atoms with E-state index in [2.05, 4.69) is 0 Å². The lowest BCUT2D eigenvalue weighted by molar-refractivity contribution is 0.0524. The summed E-state index contributed by atoms with van der Waals surface area (Å²) >= 11 is 0. The van der Waals surface area contributed by atoms with Crippen LogP contribution in [0.2, 0.25) is 0 Å². The number of rotatable bonds is 10. The number of methoxy groups -OCH3 is 2. The van der Waals surface area contributed by atoms with Gasteiger partial charge in [-0.15, -0.1) is 0 Å². The molecule has 2 aliphatic rings. The number of hydrogen-bond acceptors (Lipinski definition) is 9. The van der Waals surface area contributed by atoms with Crippen molar-refractivity contribution in [3.63, 3.8) is 0 Å². The van der Waals surface area contributed by atoms with Gasteiger partial charge in [0, 0.05) is 25.2 Å². The minimum Gasteiger partial charge on any atom is -0.493 e. The van der Waals surface area contributed by atoms with Gasteiger partial charge in [-0.1, -0.05) is 0 Å². The molecule has 5 rings (SSSR count). The Balaban J connectivity index is 1.41. The Labute approximate surface area is 257 Å². The smallest absolute Gasteiger partial charge is 0.338 e. The van der Waals surface area contributed by atoms with Gasteiger partial charge in [-0.2, -0.15) is 4.31 Å². The van der Waals surface area contributed by atoms with Gasteiger partial charge in [0.25, 0.3) is 5.91 Å². The zero-order valence-electron chi connectivity index (χ0n) is 25.0. The number of morpholine rings is 1. The minimum absolute atomic E-state index is 0.121. The second-order valence-electron chi connectivity index (χ2n) is 10.3. The number of carbonyl (C=O) groups is 2. The fourth-order valence-electron chi connectivity index (χ4n) is 5.40. The van der Waals surface area contributed by atoms with Crippen molar-refractivity contribution in [3.8, 4) is 17.2 Å². The van der Waals surface area contributed by atoms with E-state index in [9.17, 15) is 18.0 Å². The third-order valence-electron chi connectivity index (χ3n) is 7.75. The van der Waals surface area contributed by atoms with Gasteiger partial charge in [0.2, 0.25) is 10.0 Å². The van der Waals surface area contributed by atoms with Crippen LogP contribution in [0.5, 0.6) is 17.2 Å². The monoisotopic (exact) mass is 624 g/mol. The summed E-state index contributed by atoms with van der Waals surface area (Å²) in [6, 6.07) is 16.0. The molecule has 0 bridgehead atoms. The number of ether oxygens (including phenoxy) is 5. The van der Waals surface area contributed by atoms with Crippen LogP contribution in [-0.4, -0.2) is 89.8 Å². The molecule has 0 radical (unpaired) electrons. The second-order valence-corrected chi connectivity index (χ2v) is 12.2. The highest BCUT2D eigenvalue weighted by Crippen LogP contribution is 2.39. The van der Waals surface area contributed by atoms with Crippen molar-refractivity contribution in [2.24, 2.45) is 0 Å². The Morgan fingerprint density at radius 1 is 0.886 bits per heavy atom. The fourth-order valence-corrected chi connectivity index (χ4v) is 6.81. The average Bonchev–Trinajstić information content (AvgIpc) is 3.06. The topological polar surface area (TPSA) is 121 Å². The second kappa shape index (κ2) is 13.7. The Bertz CT molecular complexity index is 1590. The van der Waals surface area contributed by atoms with Crippen molar-refractivity contribution in [1.82, 2.24) is 9.21 Å². The first kappa shape index (κ1) is 31.3. The molecule has 0 aromatic heterocycles. The van der Waals surface area contributed by atoms with E-state index in [1.165, 1.54) is 16.4 Å². The standard InChI is InChI=1S/C32H36N2O9S/c1-4-42-32(36)23-5-9-25(10-6-23)43-21-28-27-20-30(40-3)29(39-2)19-24(27)13-14-34(28)31(35)22-7-11-26(12-8-22)44(37,38)33-15-17-41-18-16-33/h5-12,19-20,28H,4,13-18,21H2,1-3H3/t28-/m0/s1. The molecule has 1 fully saturated rings. The van der Waals surface area contributed by atoms with Gasteiger partial charge in [-0.05, 0) is 85.1 Å². The molecule has 12 heteroatoms. The molecule has 0 N–H and O–H groups in total. The molecular weight excluding hydrogens is 588 g/mol. The molecule has 0 aliphatic carbocycles. The lowest BCUT2D eigenvalue weighted by Gasteiger charge is -2.37. The molecule has 2 heterocycles. The summed E-state index contributed by atoms with van der Waals surface area (Å²) in [7, 11) is -0.561. The molecule has 0 saturated carbocycles. The SMILES string of the molecule is CCOC(=O)c1ccc(OC[C@H]2c3cc(OC)c(OC)cc3CCN2C(=O)c2ccc(S(=O)(=O)N3CCOCC3)cc2)cc1. The van der Waals surface area contributed by atoms with Gasteiger partial charge in [0.15, 0.2) is 11.5 Å². The lowest BCUT2D eigenvalue weighted by Crippen LogP contribution is -2.42. The minimum atomic E-state index is -3.69. The van der Waals surface area contributed by atoms with E-state index in [0.717, 1.165) is 11.1 Å². The predicted molar refractivity (Wildman–Crippen MR) is 161 cm³/mol. The van der Waals surface area contributed by atoms with Crippen molar-refractivity contribution < 1.29 is 41.7 Å². The van der Waals surface area contributed by atoms with Crippen molar-refractivity contribution in [2.75, 3.05) is 60.3 Å². The molecule has 0 spiro atoms. The van der Waals surface area contributed by atoms with Crippen molar-refractivity contribution >= 4 is 21.9 Å². The lowest BCUT2D eigenvalue weighted by atomic mass is 9.91. The normalized spacial score (nSPS) is 17.0. The van der Waals surface area contributed by atoms with Crippen LogP contribution in [0.4, 0.5) is 0 Å². The molecule has 1 amide bonds. The molecular formula is C32H36N2O9S. The Morgan fingerprint density at radius 2 is 1.52 bits per heavy atom. The van der Waals surface area contributed by atoms with Crippen LogP contribution in [0.3, 0.4) is 0 Å². The third-order valence-corrected chi connectivity index (χ3v) is 9.66. The van der Waals surface area contributed by atoms with Crippen LogP contribution in [0.15, 0.2) is 65.6 Å². The number of benzene rings is 3. The molecule has 11 nitrogen and oxygen atoms in total. The number of carbonyl (C=O) groups excluding carboxylic acids is 2. The maximum atomic E-state index is 13.9. The third kappa shape index (κ3) is 6.52. The summed E-state index contributed by atoms with van der Waals surface area (Å²) in [5.74, 6) is 0.976. The fraction of sp³-hybridized carbons (Fsp3) is 0.375. The Hall–Kier alpha value is -4.13. The van der Waals surface area contributed by atoms with Crippen molar-refractivity contribution in [1.29, 1.82) is 0 Å². The number of hydrogen-bond donors (Lipinski definition) is 0. The van der Waals surface area contributed by atoms with Crippen LogP contribution >= 0.6 is 0 Å². The number of amides is 1. The molecule has 0 unspecified atom stereocenters. The average molecular weight is 625 g/mol.